The Hall–Kier alpha value is -2.27. The summed E-state index contributed by atoms with van der Waals surface area (Å²) in [5.74, 6) is 1.82. The number of amides is 1. The normalized spacial score (nSPS) is 14.0. The van der Waals surface area contributed by atoms with Crippen molar-refractivity contribution in [3.05, 3.63) is 47.9 Å². The maximum atomic E-state index is 12.7. The van der Waals surface area contributed by atoms with Crippen LogP contribution in [-0.4, -0.2) is 38.1 Å². The minimum absolute atomic E-state index is 0.116. The highest BCUT2D eigenvalue weighted by Crippen LogP contribution is 2.30. The van der Waals surface area contributed by atoms with Gasteiger partial charge in [0.05, 0.1) is 26.5 Å². The maximum absolute atomic E-state index is 12.7. The molecule has 0 radical (unpaired) electrons. The number of furan rings is 1. The molecule has 0 N–H and O–H groups in total. The summed E-state index contributed by atoms with van der Waals surface area (Å²) in [4.78, 5) is 16.5. The predicted octanol–water partition coefficient (Wildman–Crippen LogP) is 2.70. The molecule has 23 heavy (non-hydrogen) atoms. The van der Waals surface area contributed by atoms with Gasteiger partial charge in [-0.05, 0) is 55.8 Å². The predicted molar refractivity (Wildman–Crippen MR) is 88.7 cm³/mol. The number of carbonyl (C=O) groups is 1. The van der Waals surface area contributed by atoms with Gasteiger partial charge in [0.25, 0.3) is 0 Å². The lowest BCUT2D eigenvalue weighted by Gasteiger charge is -2.31. The Morgan fingerprint density at radius 1 is 1.39 bits per heavy atom. The molecular formula is C18H22N2O3. The van der Waals surface area contributed by atoms with E-state index in [4.69, 9.17) is 9.15 Å². The quantitative estimate of drug-likeness (QED) is 0.851. The van der Waals surface area contributed by atoms with Crippen molar-refractivity contribution < 1.29 is 13.9 Å². The van der Waals surface area contributed by atoms with E-state index in [1.807, 2.05) is 47.2 Å². The van der Waals surface area contributed by atoms with Gasteiger partial charge in [0, 0.05) is 12.2 Å². The molecule has 1 aliphatic rings. The molecule has 5 nitrogen and oxygen atoms in total. The molecule has 0 bridgehead atoms. The number of carbonyl (C=O) groups excluding carboxylic acids is 1. The van der Waals surface area contributed by atoms with E-state index in [-0.39, 0.29) is 5.91 Å². The van der Waals surface area contributed by atoms with Crippen LogP contribution in [0.5, 0.6) is 5.75 Å². The molecule has 1 aromatic heterocycles. The van der Waals surface area contributed by atoms with Crippen molar-refractivity contribution in [2.75, 3.05) is 32.1 Å². The highest BCUT2D eigenvalue weighted by atomic mass is 16.5. The second-order valence-corrected chi connectivity index (χ2v) is 5.90. The zero-order valence-electron chi connectivity index (χ0n) is 13.6. The summed E-state index contributed by atoms with van der Waals surface area (Å²) in [7, 11) is 3.59. The zero-order chi connectivity index (χ0) is 16.2. The lowest BCUT2D eigenvalue weighted by atomic mass is 10.0. The van der Waals surface area contributed by atoms with Gasteiger partial charge >= 0.3 is 0 Å². The fourth-order valence-electron chi connectivity index (χ4n) is 3.00. The Labute approximate surface area is 136 Å². The molecule has 2 aromatic rings. The number of aryl methyl sites for hydroxylation is 1. The first-order valence-corrected chi connectivity index (χ1v) is 7.85. The van der Waals surface area contributed by atoms with Crippen LogP contribution < -0.4 is 9.64 Å². The Bertz CT molecular complexity index is 667. The van der Waals surface area contributed by atoms with Crippen LogP contribution in [0.1, 0.15) is 17.7 Å². The summed E-state index contributed by atoms with van der Waals surface area (Å²) in [6, 6.07) is 9.71. The fourth-order valence-corrected chi connectivity index (χ4v) is 3.00. The van der Waals surface area contributed by atoms with E-state index in [0.29, 0.717) is 13.1 Å². The van der Waals surface area contributed by atoms with Crippen LogP contribution in [0.4, 0.5) is 5.69 Å². The second kappa shape index (κ2) is 6.87. The molecule has 1 aromatic carbocycles. The van der Waals surface area contributed by atoms with Crippen LogP contribution >= 0.6 is 0 Å². The van der Waals surface area contributed by atoms with Gasteiger partial charge in [-0.25, -0.2) is 0 Å². The van der Waals surface area contributed by atoms with Crippen LogP contribution in [0.3, 0.4) is 0 Å². The van der Waals surface area contributed by atoms with E-state index in [1.54, 1.807) is 13.4 Å². The summed E-state index contributed by atoms with van der Waals surface area (Å²) >= 11 is 0. The third-order valence-corrected chi connectivity index (χ3v) is 4.12. The molecule has 0 spiro atoms. The van der Waals surface area contributed by atoms with Gasteiger partial charge in [0.15, 0.2) is 0 Å². The number of nitrogens with zero attached hydrogens (tertiary/aromatic N) is 2. The number of ether oxygens (including phenoxy) is 1. The second-order valence-electron chi connectivity index (χ2n) is 5.90. The number of anilines is 1. The molecule has 0 aliphatic carbocycles. The highest BCUT2D eigenvalue weighted by Gasteiger charge is 2.23. The first-order valence-electron chi connectivity index (χ1n) is 7.85. The largest absolute Gasteiger partial charge is 0.497 e. The zero-order valence-corrected chi connectivity index (χ0v) is 13.6. The standard InChI is InChI=1S/C18H22N2O3/c1-19(12-16-6-4-10-23-16)13-18(21)20-9-3-5-14-11-15(22-2)7-8-17(14)20/h4,6-8,10-11H,3,5,9,12-13H2,1-2H3. The van der Waals surface area contributed by atoms with E-state index in [0.717, 1.165) is 36.6 Å². The number of hydrogen-bond acceptors (Lipinski definition) is 4. The number of rotatable bonds is 5. The maximum Gasteiger partial charge on any atom is 0.241 e. The molecule has 0 saturated carbocycles. The van der Waals surface area contributed by atoms with Gasteiger partial charge in [0.2, 0.25) is 5.91 Å². The van der Waals surface area contributed by atoms with Gasteiger partial charge in [-0.3, -0.25) is 9.69 Å². The minimum Gasteiger partial charge on any atom is -0.497 e. The van der Waals surface area contributed by atoms with E-state index in [9.17, 15) is 4.79 Å². The summed E-state index contributed by atoms with van der Waals surface area (Å²) < 4.78 is 10.6. The Kier molecular flexibility index (Phi) is 4.67. The molecule has 3 rings (SSSR count). The first-order chi connectivity index (χ1) is 11.2. The number of likely N-dealkylation sites (N-methyl/N-ethyl adjacent to an activating group) is 1. The SMILES string of the molecule is COc1ccc2c(c1)CCCN2C(=O)CN(C)Cc1ccco1. The average molecular weight is 314 g/mol. The van der Waals surface area contributed by atoms with Crippen molar-refractivity contribution in [3.8, 4) is 5.75 Å². The van der Waals surface area contributed by atoms with Gasteiger partial charge in [-0.1, -0.05) is 0 Å². The topological polar surface area (TPSA) is 45.9 Å². The van der Waals surface area contributed by atoms with E-state index in [1.165, 1.54) is 5.56 Å². The first kappa shape index (κ1) is 15.6. The van der Waals surface area contributed by atoms with Gasteiger partial charge < -0.3 is 14.1 Å². The summed E-state index contributed by atoms with van der Waals surface area (Å²) in [6.07, 6.45) is 3.62. The Balaban J connectivity index is 1.68. The molecule has 1 aliphatic heterocycles. The van der Waals surface area contributed by atoms with Crippen LogP contribution in [0.25, 0.3) is 0 Å². The number of fused-ring (bicyclic) bond motifs is 1. The molecule has 2 heterocycles. The fraction of sp³-hybridized carbons (Fsp3) is 0.389. The van der Waals surface area contributed by atoms with Crippen LogP contribution in [-0.2, 0) is 17.8 Å². The highest BCUT2D eigenvalue weighted by molar-refractivity contribution is 5.96. The lowest BCUT2D eigenvalue weighted by Crippen LogP contribution is -2.41. The summed E-state index contributed by atoms with van der Waals surface area (Å²) in [5, 5.41) is 0. The van der Waals surface area contributed by atoms with Crippen LogP contribution in [0.2, 0.25) is 0 Å². The van der Waals surface area contributed by atoms with Gasteiger partial charge in [-0.2, -0.15) is 0 Å². The summed E-state index contributed by atoms with van der Waals surface area (Å²) in [5.41, 5.74) is 2.19. The third kappa shape index (κ3) is 3.56. The average Bonchev–Trinajstić information content (AvgIpc) is 3.06. The lowest BCUT2D eigenvalue weighted by molar-refractivity contribution is -0.119. The van der Waals surface area contributed by atoms with Crippen molar-refractivity contribution in [2.45, 2.75) is 19.4 Å². The van der Waals surface area contributed by atoms with E-state index >= 15 is 0 Å². The Morgan fingerprint density at radius 2 is 2.26 bits per heavy atom. The van der Waals surface area contributed by atoms with Crippen LogP contribution in [0, 0.1) is 0 Å². The van der Waals surface area contributed by atoms with Crippen molar-refractivity contribution in [1.82, 2.24) is 4.90 Å². The number of hydrogen-bond donors (Lipinski definition) is 0. The molecule has 0 atom stereocenters. The minimum atomic E-state index is 0.116. The summed E-state index contributed by atoms with van der Waals surface area (Å²) in [6.45, 7) is 1.76. The van der Waals surface area contributed by atoms with Crippen LogP contribution in [0.15, 0.2) is 41.0 Å². The molecule has 0 fully saturated rings. The van der Waals surface area contributed by atoms with E-state index in [2.05, 4.69) is 0 Å². The van der Waals surface area contributed by atoms with Crippen molar-refractivity contribution in [1.29, 1.82) is 0 Å². The monoisotopic (exact) mass is 314 g/mol. The van der Waals surface area contributed by atoms with E-state index < -0.39 is 0 Å². The van der Waals surface area contributed by atoms with Gasteiger partial charge in [-0.15, -0.1) is 0 Å². The molecule has 5 heteroatoms. The smallest absolute Gasteiger partial charge is 0.241 e. The third-order valence-electron chi connectivity index (χ3n) is 4.12. The number of methoxy groups -OCH3 is 1. The van der Waals surface area contributed by atoms with Gasteiger partial charge in [0.1, 0.15) is 11.5 Å². The van der Waals surface area contributed by atoms with Crippen molar-refractivity contribution in [2.24, 2.45) is 0 Å². The molecule has 122 valence electrons. The molecule has 0 unspecified atom stereocenters. The van der Waals surface area contributed by atoms with Crippen molar-refractivity contribution >= 4 is 11.6 Å². The number of benzene rings is 1. The Morgan fingerprint density at radius 3 is 3.00 bits per heavy atom. The molecular weight excluding hydrogens is 292 g/mol. The van der Waals surface area contributed by atoms with Crippen molar-refractivity contribution in [3.63, 3.8) is 0 Å². The molecule has 1 amide bonds. The molecule has 0 saturated heterocycles.